The third-order valence-electron chi connectivity index (χ3n) is 11.2. The van der Waals surface area contributed by atoms with Crippen LogP contribution >= 0.6 is 0 Å². The predicted octanol–water partition coefficient (Wildman–Crippen LogP) is 4.73. The molecule has 5 aromatic rings. The molecule has 0 radical (unpaired) electrons. The second-order valence-electron chi connectivity index (χ2n) is 15.8. The number of aromatic nitrogens is 4. The van der Waals surface area contributed by atoms with Crippen molar-refractivity contribution in [2.75, 3.05) is 30.8 Å². The number of anilines is 2. The summed E-state index contributed by atoms with van der Waals surface area (Å²) in [6.45, 7) is 2.43. The second-order valence-corrected chi connectivity index (χ2v) is 15.8. The van der Waals surface area contributed by atoms with Gasteiger partial charge in [0.05, 0.1) is 28.7 Å². The molecule has 0 bridgehead atoms. The van der Waals surface area contributed by atoms with Crippen molar-refractivity contribution >= 4 is 46.9 Å². The van der Waals surface area contributed by atoms with Gasteiger partial charge in [0.25, 0.3) is 23.6 Å². The summed E-state index contributed by atoms with van der Waals surface area (Å²) in [5.41, 5.74) is 9.55. The lowest BCUT2D eigenvalue weighted by Crippen LogP contribution is -2.54. The Morgan fingerprint density at radius 2 is 1.79 bits per heavy atom. The summed E-state index contributed by atoms with van der Waals surface area (Å²) in [6.07, 6.45) is 11.4. The molecule has 2 aromatic carbocycles. The molecule has 5 N–H and O–H groups in total. The maximum atomic E-state index is 13.4. The van der Waals surface area contributed by atoms with Crippen LogP contribution in [0.25, 0.3) is 17.1 Å². The first-order chi connectivity index (χ1) is 29.5. The van der Waals surface area contributed by atoms with Gasteiger partial charge >= 0.3 is 0 Å². The summed E-state index contributed by atoms with van der Waals surface area (Å²) in [4.78, 5) is 88.1. The van der Waals surface area contributed by atoms with Crippen LogP contribution in [0, 0.1) is 5.92 Å². The standard InChI is InChI=1S/C44H46N10O7/c1-52(20-5-3-2-4-7-28-8-6-9-31-37(28)44(60)54(43(31)59)34-16-17-36(55)50-41(34)58)23-27-12-14-30(15-13-27)53-24-32(38(51-53)39(45)56)48-40(57)33-25-61-42(49-33)29-18-19-46-35(21-29)47-22-26-10-11-26/h6,8-9,12-15,18-19,21,24-26,34H,2-5,7,10-11,16-17,20,22-23H2,1H3,(H2,45,56)(H,46,47)(H,48,57)(H,50,55,58). The van der Waals surface area contributed by atoms with Crippen LogP contribution in [0.5, 0.6) is 0 Å². The van der Waals surface area contributed by atoms with Crippen molar-refractivity contribution in [3.05, 3.63) is 107 Å². The predicted molar refractivity (Wildman–Crippen MR) is 223 cm³/mol. The maximum absolute atomic E-state index is 13.4. The highest BCUT2D eigenvalue weighted by atomic mass is 16.3. The first-order valence-corrected chi connectivity index (χ1v) is 20.5. The van der Waals surface area contributed by atoms with Crippen molar-refractivity contribution < 1.29 is 33.2 Å². The van der Waals surface area contributed by atoms with Gasteiger partial charge in [0.2, 0.25) is 17.7 Å². The van der Waals surface area contributed by atoms with Gasteiger partial charge in [-0.05, 0) is 99.5 Å². The van der Waals surface area contributed by atoms with Crippen LogP contribution in [0.15, 0.2) is 77.7 Å². The normalized spacial score (nSPS) is 16.2. The number of imide groups is 2. The number of hydrogen-bond acceptors (Lipinski definition) is 12. The molecule has 1 unspecified atom stereocenters. The zero-order chi connectivity index (χ0) is 42.6. The lowest BCUT2D eigenvalue weighted by molar-refractivity contribution is -0.136. The van der Waals surface area contributed by atoms with E-state index in [2.05, 4.69) is 43.0 Å². The van der Waals surface area contributed by atoms with E-state index in [-0.39, 0.29) is 35.8 Å². The average Bonchev–Trinajstić information content (AvgIpc) is 3.65. The molecule has 3 aliphatic rings. The monoisotopic (exact) mass is 826 g/mol. The van der Waals surface area contributed by atoms with Gasteiger partial charge in [0.1, 0.15) is 18.1 Å². The number of carbonyl (C=O) groups is 6. The molecule has 0 spiro atoms. The summed E-state index contributed by atoms with van der Waals surface area (Å²) in [5, 5.41) is 12.6. The fraction of sp³-hybridized carbons (Fsp3) is 0.341. The number of aryl methyl sites for hydroxylation is 1. The number of oxazole rings is 1. The van der Waals surface area contributed by atoms with Crippen molar-refractivity contribution in [1.29, 1.82) is 0 Å². The number of nitrogens with zero attached hydrogens (tertiary/aromatic N) is 6. The summed E-state index contributed by atoms with van der Waals surface area (Å²) in [7, 11) is 2.05. The molecule has 2 fully saturated rings. The molecule has 17 nitrogen and oxygen atoms in total. The van der Waals surface area contributed by atoms with Gasteiger partial charge in [-0.2, -0.15) is 5.10 Å². The number of fused-ring (bicyclic) bond motifs is 1. The zero-order valence-electron chi connectivity index (χ0n) is 33.7. The van der Waals surface area contributed by atoms with E-state index in [4.69, 9.17) is 10.2 Å². The summed E-state index contributed by atoms with van der Waals surface area (Å²) in [6, 6.07) is 15.5. The number of benzene rings is 2. The minimum Gasteiger partial charge on any atom is -0.444 e. The first-order valence-electron chi connectivity index (χ1n) is 20.5. The molecule has 2 aliphatic heterocycles. The number of carbonyl (C=O) groups excluding carboxylic acids is 6. The number of amides is 6. The largest absolute Gasteiger partial charge is 0.444 e. The molecule has 1 aliphatic carbocycles. The van der Waals surface area contributed by atoms with Gasteiger partial charge in [0.15, 0.2) is 11.4 Å². The van der Waals surface area contributed by atoms with Crippen molar-refractivity contribution in [3.63, 3.8) is 0 Å². The minimum atomic E-state index is -0.982. The van der Waals surface area contributed by atoms with E-state index in [1.165, 1.54) is 30.0 Å². The Labute approximate surface area is 351 Å². The number of rotatable bonds is 18. The molecule has 17 heteroatoms. The highest BCUT2D eigenvalue weighted by Crippen LogP contribution is 2.32. The van der Waals surface area contributed by atoms with Crippen LogP contribution in [0.2, 0.25) is 0 Å². The number of nitrogens with one attached hydrogen (secondary N) is 3. The quantitative estimate of drug-likeness (QED) is 0.0695. The maximum Gasteiger partial charge on any atom is 0.277 e. The average molecular weight is 827 g/mol. The number of piperidine rings is 1. The molecule has 314 valence electrons. The van der Waals surface area contributed by atoms with Gasteiger partial charge in [-0.3, -0.25) is 39.0 Å². The highest BCUT2D eigenvalue weighted by molar-refractivity contribution is 6.24. The minimum absolute atomic E-state index is 0.0176. The molecule has 61 heavy (non-hydrogen) atoms. The van der Waals surface area contributed by atoms with Crippen LogP contribution in [0.4, 0.5) is 11.5 Å². The van der Waals surface area contributed by atoms with Gasteiger partial charge in [0, 0.05) is 31.3 Å². The van der Waals surface area contributed by atoms with Gasteiger partial charge in [-0.1, -0.05) is 37.1 Å². The lowest BCUT2D eigenvalue weighted by Gasteiger charge is -2.27. The Morgan fingerprint density at radius 1 is 0.984 bits per heavy atom. The zero-order valence-corrected chi connectivity index (χ0v) is 33.7. The van der Waals surface area contributed by atoms with Crippen molar-refractivity contribution in [1.82, 2.24) is 34.9 Å². The Bertz CT molecular complexity index is 2510. The molecule has 1 atom stereocenters. The molecule has 6 amide bonds. The van der Waals surface area contributed by atoms with Crippen LogP contribution in [0.3, 0.4) is 0 Å². The Balaban J connectivity index is 0.796. The van der Waals surface area contributed by atoms with Crippen LogP contribution < -0.4 is 21.7 Å². The second kappa shape index (κ2) is 17.7. The third-order valence-corrected chi connectivity index (χ3v) is 11.2. The van der Waals surface area contributed by atoms with Crippen LogP contribution in [-0.4, -0.2) is 91.2 Å². The van der Waals surface area contributed by atoms with Gasteiger partial charge in [-0.25, -0.2) is 14.6 Å². The molecule has 1 saturated heterocycles. The summed E-state index contributed by atoms with van der Waals surface area (Å²) < 4.78 is 7.09. The Morgan fingerprint density at radius 3 is 2.56 bits per heavy atom. The SMILES string of the molecule is CN(CCCCCCc1cccc2c1C(=O)N(C1CCC(=O)NC1=O)C2=O)Cc1ccc(-n2cc(NC(=O)c3coc(-c4ccnc(NCC5CC5)c4)n3)c(C(N)=O)n2)cc1. The van der Waals surface area contributed by atoms with Crippen molar-refractivity contribution in [2.24, 2.45) is 11.7 Å². The van der Waals surface area contributed by atoms with E-state index in [0.717, 1.165) is 54.8 Å². The third kappa shape index (κ3) is 9.26. The first kappa shape index (κ1) is 40.8. The van der Waals surface area contributed by atoms with Crippen molar-refractivity contribution in [3.8, 4) is 17.1 Å². The topological polar surface area (TPSA) is 228 Å². The van der Waals surface area contributed by atoms with E-state index in [1.54, 1.807) is 24.4 Å². The fourth-order valence-electron chi connectivity index (χ4n) is 7.70. The summed E-state index contributed by atoms with van der Waals surface area (Å²) >= 11 is 0. The molecule has 1 saturated carbocycles. The molecule has 5 heterocycles. The number of primary amides is 1. The Kier molecular flexibility index (Phi) is 11.8. The lowest BCUT2D eigenvalue weighted by atomic mass is 9.97. The smallest absolute Gasteiger partial charge is 0.277 e. The molecule has 8 rings (SSSR count). The number of hydrogen-bond donors (Lipinski definition) is 4. The molecular formula is C44H46N10O7. The van der Waals surface area contributed by atoms with E-state index < -0.39 is 41.5 Å². The summed E-state index contributed by atoms with van der Waals surface area (Å²) in [5.74, 6) is -1.75. The number of unbranched alkanes of at least 4 members (excludes halogenated alkanes) is 3. The molecule has 3 aromatic heterocycles. The van der Waals surface area contributed by atoms with E-state index in [1.807, 2.05) is 36.4 Å². The fourth-order valence-corrected chi connectivity index (χ4v) is 7.70. The van der Waals surface area contributed by atoms with Gasteiger partial charge < -0.3 is 25.7 Å². The van der Waals surface area contributed by atoms with Gasteiger partial charge in [-0.15, -0.1) is 0 Å². The number of nitrogens with two attached hydrogens (primary N) is 1. The van der Waals surface area contributed by atoms with Crippen LogP contribution in [0.1, 0.15) is 104 Å². The van der Waals surface area contributed by atoms with Crippen molar-refractivity contribution in [2.45, 2.75) is 70.4 Å². The van der Waals surface area contributed by atoms with E-state index >= 15 is 0 Å². The number of pyridine rings is 1. The van der Waals surface area contributed by atoms with E-state index in [0.29, 0.717) is 47.1 Å². The van der Waals surface area contributed by atoms with Crippen LogP contribution in [-0.2, 0) is 22.6 Å². The Hall–Kier alpha value is -7.01. The highest BCUT2D eigenvalue weighted by Gasteiger charge is 2.45. The van der Waals surface area contributed by atoms with E-state index in [9.17, 15) is 28.8 Å². The molecular weight excluding hydrogens is 781 g/mol.